The van der Waals surface area contributed by atoms with Crippen LogP contribution in [-0.4, -0.2) is 28.7 Å². The molecule has 0 bridgehead atoms. The van der Waals surface area contributed by atoms with Crippen molar-refractivity contribution >= 4 is 29.1 Å². The van der Waals surface area contributed by atoms with Gasteiger partial charge in [-0.15, -0.1) is 11.3 Å². The fourth-order valence-corrected chi connectivity index (χ4v) is 3.97. The van der Waals surface area contributed by atoms with E-state index >= 15 is 0 Å². The third kappa shape index (κ3) is 3.42. The van der Waals surface area contributed by atoms with E-state index in [1.54, 1.807) is 42.5 Å². The molecule has 3 rings (SSSR count). The molecule has 2 aromatic rings. The lowest BCUT2D eigenvalue weighted by Gasteiger charge is -2.25. The van der Waals surface area contributed by atoms with Crippen LogP contribution in [0.2, 0.25) is 0 Å². The number of thiophene rings is 1. The highest BCUT2D eigenvalue weighted by atomic mass is 32.1. The highest BCUT2D eigenvalue weighted by Crippen LogP contribution is 2.27. The Morgan fingerprint density at radius 3 is 2.15 bits per heavy atom. The maximum Gasteiger partial charge on any atom is 0.262 e. The first-order chi connectivity index (χ1) is 12.4. The van der Waals surface area contributed by atoms with Gasteiger partial charge in [-0.05, 0) is 42.8 Å². The van der Waals surface area contributed by atoms with E-state index in [0.717, 1.165) is 16.2 Å². The number of fused-ring (bicyclic) bond motifs is 1. The third-order valence-electron chi connectivity index (χ3n) is 4.50. The van der Waals surface area contributed by atoms with Crippen molar-refractivity contribution in [3.05, 3.63) is 57.8 Å². The number of carbonyl (C=O) groups is 3. The minimum atomic E-state index is -0.864. The predicted octanol–water partition coefficient (Wildman–Crippen LogP) is 3.64. The molecule has 6 heteroatoms. The molecular weight excluding hydrogens is 348 g/mol. The molecule has 1 aliphatic rings. The number of hydrogen-bond acceptors (Lipinski definition) is 4. The van der Waals surface area contributed by atoms with Crippen molar-refractivity contribution in [3.63, 3.8) is 0 Å². The molecule has 0 unspecified atom stereocenters. The molecule has 1 N–H and O–H groups in total. The number of carbonyl (C=O) groups excluding carboxylic acids is 3. The number of hydrogen-bond donors (Lipinski definition) is 1. The van der Waals surface area contributed by atoms with E-state index < -0.39 is 17.9 Å². The lowest BCUT2D eigenvalue weighted by Crippen LogP contribution is -2.48. The monoisotopic (exact) mass is 370 g/mol. The smallest absolute Gasteiger partial charge is 0.262 e. The van der Waals surface area contributed by atoms with Gasteiger partial charge in [-0.2, -0.15) is 0 Å². The first-order valence-electron chi connectivity index (χ1n) is 8.70. The number of rotatable bonds is 6. The Labute approximate surface area is 157 Å². The standard InChI is InChI=1S/C20H22N2O3S/c1-12(2)11-16(17-9-6-10-26-17)21-18(23)13(3)22-19(24)14-7-4-5-8-15(14)20(22)25/h4-10,12-13,16H,11H2,1-3H3,(H,21,23)/t13-,16-/m1/s1. The molecule has 1 aliphatic heterocycles. The highest BCUT2D eigenvalue weighted by molar-refractivity contribution is 7.10. The van der Waals surface area contributed by atoms with Crippen LogP contribution < -0.4 is 5.32 Å². The van der Waals surface area contributed by atoms with Crippen LogP contribution >= 0.6 is 11.3 Å². The van der Waals surface area contributed by atoms with Gasteiger partial charge in [0.1, 0.15) is 6.04 Å². The lowest BCUT2D eigenvalue weighted by molar-refractivity contribution is -0.125. The van der Waals surface area contributed by atoms with Crippen LogP contribution in [0.4, 0.5) is 0 Å². The van der Waals surface area contributed by atoms with Crippen LogP contribution in [0.1, 0.15) is 58.8 Å². The summed E-state index contributed by atoms with van der Waals surface area (Å²) >= 11 is 1.59. The van der Waals surface area contributed by atoms with Crippen LogP contribution in [0.3, 0.4) is 0 Å². The van der Waals surface area contributed by atoms with Crippen molar-refractivity contribution in [2.45, 2.75) is 39.3 Å². The number of nitrogens with zero attached hydrogens (tertiary/aromatic N) is 1. The molecular formula is C20H22N2O3S. The molecule has 1 aromatic heterocycles. The molecule has 0 aliphatic carbocycles. The van der Waals surface area contributed by atoms with E-state index in [4.69, 9.17) is 0 Å². The summed E-state index contributed by atoms with van der Waals surface area (Å²) in [7, 11) is 0. The summed E-state index contributed by atoms with van der Waals surface area (Å²) in [5.41, 5.74) is 0.711. The van der Waals surface area contributed by atoms with Gasteiger partial charge in [0.05, 0.1) is 17.2 Å². The summed E-state index contributed by atoms with van der Waals surface area (Å²) in [6.07, 6.45) is 0.793. The van der Waals surface area contributed by atoms with Gasteiger partial charge < -0.3 is 5.32 Å². The van der Waals surface area contributed by atoms with Gasteiger partial charge in [0, 0.05) is 4.88 Å². The predicted molar refractivity (Wildman–Crippen MR) is 101 cm³/mol. The highest BCUT2D eigenvalue weighted by Gasteiger charge is 2.41. The summed E-state index contributed by atoms with van der Waals surface area (Å²) in [4.78, 5) is 40.1. The van der Waals surface area contributed by atoms with Crippen LogP contribution in [0.15, 0.2) is 41.8 Å². The van der Waals surface area contributed by atoms with Crippen LogP contribution in [0, 0.1) is 5.92 Å². The van der Waals surface area contributed by atoms with Crippen molar-refractivity contribution < 1.29 is 14.4 Å². The second kappa shape index (κ2) is 7.41. The van der Waals surface area contributed by atoms with Gasteiger partial charge in [0.15, 0.2) is 0 Å². The molecule has 0 fully saturated rings. The Hall–Kier alpha value is -2.47. The lowest BCUT2D eigenvalue weighted by atomic mass is 10.0. The molecule has 2 heterocycles. The normalized spacial score (nSPS) is 15.9. The average Bonchev–Trinajstić information content (AvgIpc) is 3.22. The SMILES string of the molecule is CC(C)C[C@@H](NC(=O)[C@@H](C)N1C(=O)c2ccccc2C1=O)c1cccs1. The summed E-state index contributed by atoms with van der Waals surface area (Å²) < 4.78 is 0. The van der Waals surface area contributed by atoms with E-state index in [2.05, 4.69) is 19.2 Å². The molecule has 3 amide bonds. The van der Waals surface area contributed by atoms with Crippen LogP contribution in [-0.2, 0) is 4.79 Å². The summed E-state index contributed by atoms with van der Waals surface area (Å²) in [5.74, 6) is -0.745. The molecule has 0 spiro atoms. The fraction of sp³-hybridized carbons (Fsp3) is 0.350. The van der Waals surface area contributed by atoms with E-state index in [-0.39, 0.29) is 11.9 Å². The number of nitrogens with one attached hydrogen (secondary N) is 1. The average molecular weight is 370 g/mol. The van der Waals surface area contributed by atoms with Crippen LogP contribution in [0.25, 0.3) is 0 Å². The van der Waals surface area contributed by atoms with Gasteiger partial charge in [0.25, 0.3) is 11.8 Å². The zero-order valence-corrected chi connectivity index (χ0v) is 15.9. The minimum Gasteiger partial charge on any atom is -0.347 e. The zero-order chi connectivity index (χ0) is 18.8. The molecule has 0 saturated heterocycles. The zero-order valence-electron chi connectivity index (χ0n) is 15.1. The van der Waals surface area contributed by atoms with Crippen molar-refractivity contribution in [3.8, 4) is 0 Å². The summed E-state index contributed by atoms with van der Waals surface area (Å²) in [6.45, 7) is 5.79. The molecule has 5 nitrogen and oxygen atoms in total. The van der Waals surface area contributed by atoms with Crippen molar-refractivity contribution in [2.75, 3.05) is 0 Å². The van der Waals surface area contributed by atoms with E-state index in [0.29, 0.717) is 17.0 Å². The molecule has 26 heavy (non-hydrogen) atoms. The molecule has 1 aromatic carbocycles. The largest absolute Gasteiger partial charge is 0.347 e. The fourth-order valence-electron chi connectivity index (χ4n) is 3.18. The second-order valence-electron chi connectivity index (χ2n) is 6.91. The molecule has 136 valence electrons. The first kappa shape index (κ1) is 18.3. The van der Waals surface area contributed by atoms with Gasteiger partial charge in [-0.25, -0.2) is 0 Å². The van der Waals surface area contributed by atoms with Gasteiger partial charge >= 0.3 is 0 Å². The maximum absolute atomic E-state index is 12.8. The summed E-state index contributed by atoms with van der Waals surface area (Å²) in [5, 5.41) is 5.00. The van der Waals surface area contributed by atoms with Crippen molar-refractivity contribution in [2.24, 2.45) is 5.92 Å². The van der Waals surface area contributed by atoms with E-state index in [1.165, 1.54) is 0 Å². The maximum atomic E-state index is 12.8. The van der Waals surface area contributed by atoms with E-state index in [9.17, 15) is 14.4 Å². The molecule has 0 saturated carbocycles. The van der Waals surface area contributed by atoms with Gasteiger partial charge in [-0.1, -0.05) is 32.0 Å². The number of amides is 3. The van der Waals surface area contributed by atoms with Crippen molar-refractivity contribution in [1.29, 1.82) is 0 Å². The topological polar surface area (TPSA) is 66.5 Å². The Kier molecular flexibility index (Phi) is 5.23. The molecule has 2 atom stereocenters. The van der Waals surface area contributed by atoms with Crippen LogP contribution in [0.5, 0.6) is 0 Å². The van der Waals surface area contributed by atoms with E-state index in [1.807, 2.05) is 17.5 Å². The first-order valence-corrected chi connectivity index (χ1v) is 9.58. The minimum absolute atomic E-state index is 0.125. The number of benzene rings is 1. The second-order valence-corrected chi connectivity index (χ2v) is 7.89. The Morgan fingerprint density at radius 1 is 1.04 bits per heavy atom. The van der Waals surface area contributed by atoms with Gasteiger partial charge in [0.2, 0.25) is 5.91 Å². The van der Waals surface area contributed by atoms with Gasteiger partial charge in [-0.3, -0.25) is 19.3 Å². The Balaban J connectivity index is 1.77. The number of imide groups is 1. The third-order valence-corrected chi connectivity index (χ3v) is 5.49. The van der Waals surface area contributed by atoms with Crippen molar-refractivity contribution in [1.82, 2.24) is 10.2 Å². The Morgan fingerprint density at radius 2 is 1.65 bits per heavy atom. The quantitative estimate of drug-likeness (QED) is 0.790. The summed E-state index contributed by atoms with van der Waals surface area (Å²) in [6, 6.07) is 9.62. The molecule has 0 radical (unpaired) electrons. The Bertz CT molecular complexity index is 794.